The van der Waals surface area contributed by atoms with E-state index in [2.05, 4.69) is 33.4 Å². The molecule has 0 aliphatic carbocycles. The third-order valence-corrected chi connectivity index (χ3v) is 6.06. The van der Waals surface area contributed by atoms with Gasteiger partial charge in [-0.15, -0.1) is 0 Å². The number of nitrogen functional groups attached to an aromatic ring is 1. The lowest BCUT2D eigenvalue weighted by molar-refractivity contribution is 0.102. The minimum Gasteiger partial charge on any atom is -0.495 e. The third kappa shape index (κ3) is 4.75. The smallest absolute Gasteiger partial charge is 0.259 e. The average molecular weight is 435 g/mol. The quantitative estimate of drug-likeness (QED) is 0.617. The van der Waals surface area contributed by atoms with E-state index in [0.717, 1.165) is 43.9 Å². The number of ether oxygens (including phenoxy) is 1. The standard InChI is InChI=1S/C24H30N6O2/c1-16-18(14-29(2)28-16)15-30-12-10-17(11-13-30)20-9-8-19(23(25)26-20)24(31)27-21-6-4-5-7-22(21)32-3/h4-9,14,17H,10-13,15H2,1-3H3,(H2,25,26)(H,27,31). The number of aryl methyl sites for hydroxylation is 2. The van der Waals surface area contributed by atoms with Crippen molar-refractivity contribution in [1.29, 1.82) is 0 Å². The lowest BCUT2D eigenvalue weighted by Crippen LogP contribution is -2.33. The normalized spacial score (nSPS) is 15.0. The summed E-state index contributed by atoms with van der Waals surface area (Å²) in [5, 5.41) is 7.29. The molecule has 1 aliphatic rings. The van der Waals surface area contributed by atoms with Crippen LogP contribution >= 0.6 is 0 Å². The molecule has 32 heavy (non-hydrogen) atoms. The molecule has 1 saturated heterocycles. The van der Waals surface area contributed by atoms with Gasteiger partial charge in [0.2, 0.25) is 0 Å². The predicted octanol–water partition coefficient (Wildman–Crippen LogP) is 3.35. The van der Waals surface area contributed by atoms with Gasteiger partial charge < -0.3 is 15.8 Å². The second-order valence-corrected chi connectivity index (χ2v) is 8.29. The van der Waals surface area contributed by atoms with Gasteiger partial charge in [-0.1, -0.05) is 12.1 Å². The van der Waals surface area contributed by atoms with Crippen LogP contribution in [0.2, 0.25) is 0 Å². The van der Waals surface area contributed by atoms with Gasteiger partial charge in [0.15, 0.2) is 0 Å². The lowest BCUT2D eigenvalue weighted by atomic mass is 9.92. The maximum Gasteiger partial charge on any atom is 0.259 e. The van der Waals surface area contributed by atoms with Crippen LogP contribution in [-0.2, 0) is 13.6 Å². The number of rotatable bonds is 6. The third-order valence-electron chi connectivity index (χ3n) is 6.06. The first-order valence-corrected chi connectivity index (χ1v) is 10.9. The molecular formula is C24H30N6O2. The van der Waals surface area contributed by atoms with Gasteiger partial charge in [-0.05, 0) is 57.1 Å². The summed E-state index contributed by atoms with van der Waals surface area (Å²) in [4.78, 5) is 19.8. The zero-order valence-electron chi connectivity index (χ0n) is 18.8. The second-order valence-electron chi connectivity index (χ2n) is 8.29. The number of pyridine rings is 1. The van der Waals surface area contributed by atoms with Gasteiger partial charge in [-0.3, -0.25) is 14.4 Å². The van der Waals surface area contributed by atoms with Crippen molar-refractivity contribution in [2.45, 2.75) is 32.2 Å². The Morgan fingerprint density at radius 2 is 1.97 bits per heavy atom. The summed E-state index contributed by atoms with van der Waals surface area (Å²) in [7, 11) is 3.53. The summed E-state index contributed by atoms with van der Waals surface area (Å²) in [6, 6.07) is 11.0. The van der Waals surface area contributed by atoms with Crippen molar-refractivity contribution < 1.29 is 9.53 Å². The Kier molecular flexibility index (Phi) is 6.41. The zero-order valence-corrected chi connectivity index (χ0v) is 18.8. The molecule has 8 nitrogen and oxygen atoms in total. The molecule has 1 fully saturated rings. The van der Waals surface area contributed by atoms with Gasteiger partial charge in [0.05, 0.1) is 24.1 Å². The van der Waals surface area contributed by atoms with E-state index in [9.17, 15) is 4.79 Å². The zero-order chi connectivity index (χ0) is 22.7. The number of amides is 1. The molecular weight excluding hydrogens is 404 g/mol. The molecule has 8 heteroatoms. The van der Waals surface area contributed by atoms with Gasteiger partial charge in [0, 0.05) is 37.0 Å². The summed E-state index contributed by atoms with van der Waals surface area (Å²) in [5.74, 6) is 0.892. The highest BCUT2D eigenvalue weighted by atomic mass is 16.5. The Morgan fingerprint density at radius 3 is 2.62 bits per heavy atom. The van der Waals surface area contributed by atoms with Crippen LogP contribution in [0.4, 0.5) is 11.5 Å². The SMILES string of the molecule is COc1ccccc1NC(=O)c1ccc(C2CCN(Cc3cn(C)nc3C)CC2)nc1N. The highest BCUT2D eigenvalue weighted by Crippen LogP contribution is 2.29. The minimum absolute atomic E-state index is 0.253. The van der Waals surface area contributed by atoms with Gasteiger partial charge >= 0.3 is 0 Å². The first-order chi connectivity index (χ1) is 15.4. The van der Waals surface area contributed by atoms with Gasteiger partial charge in [0.1, 0.15) is 11.6 Å². The fraction of sp³-hybridized carbons (Fsp3) is 0.375. The van der Waals surface area contributed by atoms with E-state index in [1.54, 1.807) is 25.3 Å². The van der Waals surface area contributed by atoms with Crippen molar-refractivity contribution >= 4 is 17.4 Å². The summed E-state index contributed by atoms with van der Waals surface area (Å²) >= 11 is 0. The Morgan fingerprint density at radius 1 is 1.22 bits per heavy atom. The summed E-state index contributed by atoms with van der Waals surface area (Å²) in [6.45, 7) is 4.97. The van der Waals surface area contributed by atoms with Crippen molar-refractivity contribution in [2.75, 3.05) is 31.2 Å². The number of carbonyl (C=O) groups excluding carboxylic acids is 1. The molecule has 0 spiro atoms. The van der Waals surface area contributed by atoms with Crippen molar-refractivity contribution in [1.82, 2.24) is 19.7 Å². The largest absolute Gasteiger partial charge is 0.495 e. The lowest BCUT2D eigenvalue weighted by Gasteiger charge is -2.31. The van der Waals surface area contributed by atoms with Crippen LogP contribution in [0.25, 0.3) is 0 Å². The highest BCUT2D eigenvalue weighted by Gasteiger charge is 2.24. The maximum atomic E-state index is 12.7. The first kappa shape index (κ1) is 21.8. The molecule has 4 rings (SSSR count). The van der Waals surface area contributed by atoms with Crippen molar-refractivity contribution in [3.05, 3.63) is 65.1 Å². The number of nitrogens with zero attached hydrogens (tertiary/aromatic N) is 4. The van der Waals surface area contributed by atoms with Crippen LogP contribution in [0.3, 0.4) is 0 Å². The van der Waals surface area contributed by atoms with E-state index >= 15 is 0 Å². The van der Waals surface area contributed by atoms with Gasteiger partial charge in [0.25, 0.3) is 5.91 Å². The molecule has 0 saturated carbocycles. The number of hydrogen-bond acceptors (Lipinski definition) is 6. The molecule has 3 heterocycles. The average Bonchev–Trinajstić information content (AvgIpc) is 3.10. The molecule has 0 atom stereocenters. The predicted molar refractivity (Wildman–Crippen MR) is 125 cm³/mol. The number of hydrogen-bond donors (Lipinski definition) is 2. The summed E-state index contributed by atoms with van der Waals surface area (Å²) in [6.07, 6.45) is 4.12. The van der Waals surface area contributed by atoms with E-state index in [0.29, 0.717) is 22.9 Å². The molecule has 1 aliphatic heterocycles. The van der Waals surface area contributed by atoms with Crippen molar-refractivity contribution in [3.63, 3.8) is 0 Å². The number of anilines is 2. The molecule has 1 amide bonds. The van der Waals surface area contributed by atoms with Crippen molar-refractivity contribution in [3.8, 4) is 5.75 Å². The number of carbonyl (C=O) groups is 1. The molecule has 3 aromatic rings. The summed E-state index contributed by atoms with van der Waals surface area (Å²) in [5.41, 5.74) is 10.5. The molecule has 3 N–H and O–H groups in total. The van der Waals surface area contributed by atoms with Crippen LogP contribution in [-0.4, -0.2) is 45.8 Å². The van der Waals surface area contributed by atoms with E-state index in [1.807, 2.05) is 29.9 Å². The van der Waals surface area contributed by atoms with E-state index < -0.39 is 0 Å². The number of piperidine rings is 1. The van der Waals surface area contributed by atoms with Crippen LogP contribution in [0, 0.1) is 6.92 Å². The Balaban J connectivity index is 1.38. The number of nitrogens with one attached hydrogen (secondary N) is 1. The Labute approximate surface area is 188 Å². The number of benzene rings is 1. The second kappa shape index (κ2) is 9.40. The fourth-order valence-electron chi connectivity index (χ4n) is 4.28. The molecule has 0 unspecified atom stereocenters. The van der Waals surface area contributed by atoms with Crippen LogP contribution in [0.1, 0.15) is 46.1 Å². The number of methoxy groups -OCH3 is 1. The number of aromatic nitrogens is 3. The monoisotopic (exact) mass is 434 g/mol. The van der Waals surface area contributed by atoms with E-state index in [4.69, 9.17) is 10.5 Å². The summed E-state index contributed by atoms with van der Waals surface area (Å²) < 4.78 is 7.17. The highest BCUT2D eigenvalue weighted by molar-refractivity contribution is 6.07. The maximum absolute atomic E-state index is 12.7. The van der Waals surface area contributed by atoms with E-state index in [1.165, 1.54) is 5.56 Å². The number of nitrogens with two attached hydrogens (primary N) is 1. The molecule has 2 aromatic heterocycles. The Hall–Kier alpha value is -3.39. The van der Waals surface area contributed by atoms with Crippen LogP contribution in [0.5, 0.6) is 5.75 Å². The topological polar surface area (TPSA) is 98.3 Å². The molecule has 168 valence electrons. The molecule has 1 aromatic carbocycles. The molecule has 0 radical (unpaired) electrons. The van der Waals surface area contributed by atoms with Crippen LogP contribution in [0.15, 0.2) is 42.6 Å². The molecule has 0 bridgehead atoms. The number of likely N-dealkylation sites (tertiary alicyclic amines) is 1. The van der Waals surface area contributed by atoms with E-state index in [-0.39, 0.29) is 11.7 Å². The number of para-hydroxylation sites is 2. The first-order valence-electron chi connectivity index (χ1n) is 10.9. The van der Waals surface area contributed by atoms with Crippen molar-refractivity contribution in [2.24, 2.45) is 7.05 Å². The van der Waals surface area contributed by atoms with Gasteiger partial charge in [-0.2, -0.15) is 5.10 Å². The minimum atomic E-state index is -0.298. The van der Waals surface area contributed by atoms with Crippen LogP contribution < -0.4 is 15.8 Å². The Bertz CT molecular complexity index is 1100. The fourth-order valence-corrected chi connectivity index (χ4v) is 4.28. The van der Waals surface area contributed by atoms with Gasteiger partial charge in [-0.25, -0.2) is 4.98 Å².